The molecule has 3 aromatic rings. The van der Waals surface area contributed by atoms with Crippen LogP contribution in [0.4, 0.5) is 22.0 Å². The molecule has 214 valence electrons. The number of carbonyl (C=O) groups excluding carboxylic acids is 1. The van der Waals surface area contributed by atoms with Crippen LogP contribution in [0.25, 0.3) is 0 Å². The molecule has 13 heteroatoms. The minimum atomic E-state index is -0.747. The molecule has 1 saturated heterocycles. The normalized spacial score (nSPS) is 13.8. The molecule has 1 aromatic carbocycles. The van der Waals surface area contributed by atoms with Crippen LogP contribution in [0.2, 0.25) is 0 Å². The maximum absolute atomic E-state index is 13.6. The summed E-state index contributed by atoms with van der Waals surface area (Å²) in [7, 11) is 0. The third kappa shape index (κ3) is 8.12. The van der Waals surface area contributed by atoms with E-state index in [9.17, 15) is 14.9 Å². The van der Waals surface area contributed by atoms with E-state index in [2.05, 4.69) is 15.1 Å². The zero-order chi connectivity index (χ0) is 28.9. The van der Waals surface area contributed by atoms with Crippen molar-refractivity contribution < 1.29 is 19.2 Å². The average molecular weight is 587 g/mol. The number of nitro benzene ring substituents is 1. The number of aryl methyl sites for hydroxylation is 2. The van der Waals surface area contributed by atoms with Crippen molar-refractivity contribution in [3.63, 3.8) is 0 Å². The first kappa shape index (κ1) is 29.7. The lowest BCUT2D eigenvalue weighted by Gasteiger charge is -2.31. The number of non-ortho nitro benzene ring substituents is 1. The summed E-state index contributed by atoms with van der Waals surface area (Å²) in [5, 5.41) is 21.0. The highest BCUT2D eigenvalue weighted by Crippen LogP contribution is 2.31. The van der Waals surface area contributed by atoms with Gasteiger partial charge in [0, 0.05) is 42.7 Å². The van der Waals surface area contributed by atoms with Gasteiger partial charge in [0.1, 0.15) is 16.4 Å². The van der Waals surface area contributed by atoms with Crippen molar-refractivity contribution in [2.24, 2.45) is 0 Å². The molecule has 0 spiro atoms. The number of hydrogen-bond donors (Lipinski definition) is 0. The lowest BCUT2D eigenvalue weighted by Crippen LogP contribution is -2.38. The van der Waals surface area contributed by atoms with Gasteiger partial charge in [0.25, 0.3) is 5.69 Å². The summed E-state index contributed by atoms with van der Waals surface area (Å²) in [6, 6.07) is 8.70. The van der Waals surface area contributed by atoms with Crippen LogP contribution in [0.15, 0.2) is 34.7 Å². The van der Waals surface area contributed by atoms with Gasteiger partial charge in [0.05, 0.1) is 30.4 Å². The highest BCUT2D eigenvalue weighted by Gasteiger charge is 2.27. The molecule has 0 unspecified atom stereocenters. The largest absolute Gasteiger partial charge is 0.443 e. The summed E-state index contributed by atoms with van der Waals surface area (Å²) in [5.41, 5.74) is 2.23. The molecule has 0 saturated carbocycles. The molecule has 0 aliphatic carbocycles. The number of thioether (sulfide) groups is 1. The van der Waals surface area contributed by atoms with E-state index in [1.165, 1.54) is 17.0 Å². The van der Waals surface area contributed by atoms with Crippen molar-refractivity contribution in [3.05, 3.63) is 62.3 Å². The Morgan fingerprint density at radius 1 is 1.20 bits per heavy atom. The Morgan fingerprint density at radius 2 is 1.95 bits per heavy atom. The minimum Gasteiger partial charge on any atom is -0.443 e. The number of nitro groups is 1. The first-order chi connectivity index (χ1) is 19.0. The van der Waals surface area contributed by atoms with E-state index in [1.54, 1.807) is 50.8 Å². The zero-order valence-corrected chi connectivity index (χ0v) is 25.0. The van der Waals surface area contributed by atoms with Crippen LogP contribution in [0.3, 0.4) is 0 Å². The maximum atomic E-state index is 13.6. The second kappa shape index (κ2) is 12.9. The van der Waals surface area contributed by atoms with Gasteiger partial charge in [0.2, 0.25) is 0 Å². The molecular weight excluding hydrogens is 552 g/mol. The smallest absolute Gasteiger partial charge is 0.416 e. The maximum Gasteiger partial charge on any atom is 0.416 e. The Balaban J connectivity index is 1.73. The summed E-state index contributed by atoms with van der Waals surface area (Å²) in [4.78, 5) is 33.2. The monoisotopic (exact) mass is 586 g/mol. The van der Waals surface area contributed by atoms with E-state index in [-0.39, 0.29) is 12.2 Å². The molecule has 0 atom stereocenters. The lowest BCUT2D eigenvalue weighted by atomic mass is 10.1. The number of aromatic nitrogens is 3. The van der Waals surface area contributed by atoms with Gasteiger partial charge in [0.15, 0.2) is 4.34 Å². The van der Waals surface area contributed by atoms with Crippen LogP contribution in [0.5, 0.6) is 0 Å². The van der Waals surface area contributed by atoms with Gasteiger partial charge < -0.3 is 14.4 Å². The summed E-state index contributed by atoms with van der Waals surface area (Å²) < 4.78 is 12.2. The molecule has 1 amide bonds. The first-order valence-electron chi connectivity index (χ1n) is 13.0. The summed E-state index contributed by atoms with van der Waals surface area (Å²) in [5.74, 6) is 0.936. The number of carbonyl (C=O) groups is 1. The van der Waals surface area contributed by atoms with Crippen LogP contribution in [-0.2, 0) is 28.2 Å². The van der Waals surface area contributed by atoms with Crippen molar-refractivity contribution >= 4 is 46.4 Å². The molecule has 3 heterocycles. The molecule has 0 radical (unpaired) electrons. The molecular formula is C27H34N6O5S2. The molecule has 0 N–H and O–H groups in total. The third-order valence-corrected chi connectivity index (χ3v) is 8.12. The second-order valence-electron chi connectivity index (χ2n) is 10.4. The summed E-state index contributed by atoms with van der Waals surface area (Å²) in [6.45, 7) is 11.9. The number of benzene rings is 1. The number of rotatable bonds is 9. The molecule has 0 bridgehead atoms. The topological polar surface area (TPSA) is 124 Å². The number of amides is 1. The van der Waals surface area contributed by atoms with E-state index in [0.717, 1.165) is 32.7 Å². The number of morpholine rings is 1. The third-order valence-electron chi connectivity index (χ3n) is 5.88. The van der Waals surface area contributed by atoms with Gasteiger partial charge in [-0.3, -0.25) is 15.0 Å². The van der Waals surface area contributed by atoms with Gasteiger partial charge in [-0.1, -0.05) is 36.1 Å². The number of anilines is 2. The van der Waals surface area contributed by atoms with Crippen LogP contribution in [-0.4, -0.2) is 58.1 Å². The molecule has 40 heavy (non-hydrogen) atoms. The predicted molar refractivity (Wildman–Crippen MR) is 156 cm³/mol. The quantitative estimate of drug-likeness (QED) is 0.173. The van der Waals surface area contributed by atoms with E-state index >= 15 is 0 Å². The zero-order valence-electron chi connectivity index (χ0n) is 23.4. The first-order valence-corrected chi connectivity index (χ1v) is 14.9. The van der Waals surface area contributed by atoms with Crippen LogP contribution >= 0.6 is 23.1 Å². The Labute approximate surface area is 242 Å². The van der Waals surface area contributed by atoms with Crippen LogP contribution in [0.1, 0.15) is 49.5 Å². The van der Waals surface area contributed by atoms with E-state index in [0.29, 0.717) is 43.4 Å². The van der Waals surface area contributed by atoms with Crippen molar-refractivity contribution in [2.75, 3.05) is 36.1 Å². The summed E-state index contributed by atoms with van der Waals surface area (Å²) in [6.07, 6.45) is 0.244. The van der Waals surface area contributed by atoms with Crippen molar-refractivity contribution in [1.82, 2.24) is 15.2 Å². The average Bonchev–Trinajstić information content (AvgIpc) is 3.38. The molecule has 11 nitrogen and oxygen atoms in total. The van der Waals surface area contributed by atoms with Crippen molar-refractivity contribution in [2.45, 2.75) is 63.3 Å². The number of nitrogens with zero attached hydrogens (tertiary/aromatic N) is 6. The minimum absolute atomic E-state index is 0.0326. The predicted octanol–water partition coefficient (Wildman–Crippen LogP) is 5.78. The SMILES string of the molecule is CCc1nnc(SCc2cc(N3CCOCC3)cc(N(Cc3cc(C)cc([N+](=O)[O-])c3)C(=O)OC(C)(C)C)n2)s1. The number of hydrogen-bond acceptors (Lipinski definition) is 11. The van der Waals surface area contributed by atoms with Crippen LogP contribution < -0.4 is 9.80 Å². The lowest BCUT2D eigenvalue weighted by molar-refractivity contribution is -0.385. The fraction of sp³-hybridized carbons (Fsp3) is 0.481. The Hall–Kier alpha value is -3.29. The van der Waals surface area contributed by atoms with E-state index in [4.69, 9.17) is 14.5 Å². The second-order valence-corrected chi connectivity index (χ2v) is 12.7. The van der Waals surface area contributed by atoms with Crippen LogP contribution in [0, 0.1) is 17.0 Å². The highest BCUT2D eigenvalue weighted by atomic mass is 32.2. The molecule has 1 aliphatic heterocycles. The van der Waals surface area contributed by atoms with Crippen molar-refractivity contribution in [1.29, 1.82) is 0 Å². The summed E-state index contributed by atoms with van der Waals surface area (Å²) >= 11 is 3.10. The Morgan fingerprint density at radius 3 is 2.60 bits per heavy atom. The van der Waals surface area contributed by atoms with Crippen molar-refractivity contribution in [3.8, 4) is 0 Å². The molecule has 4 rings (SSSR count). The fourth-order valence-electron chi connectivity index (χ4n) is 4.12. The number of pyridine rings is 1. The Kier molecular flexibility index (Phi) is 9.59. The molecule has 2 aromatic heterocycles. The standard InChI is InChI=1S/C27H34N6O5S2/c1-6-24-29-30-25(40-24)39-17-20-14-21(31-7-9-37-10-8-31)15-23(28-20)32(26(34)38-27(3,4)5)16-19-11-18(2)12-22(13-19)33(35)36/h11-15H,6-10,16-17H2,1-5H3. The van der Waals surface area contributed by atoms with Gasteiger partial charge in [-0.15, -0.1) is 10.2 Å². The highest BCUT2D eigenvalue weighted by molar-refractivity contribution is 8.00. The fourth-order valence-corrected chi connectivity index (χ4v) is 5.85. The van der Waals surface area contributed by atoms with Gasteiger partial charge in [-0.25, -0.2) is 9.78 Å². The molecule has 1 fully saturated rings. The van der Waals surface area contributed by atoms with E-state index in [1.807, 2.05) is 25.1 Å². The number of ether oxygens (including phenoxy) is 2. The van der Waals surface area contributed by atoms with Gasteiger partial charge in [-0.05, 0) is 51.3 Å². The van der Waals surface area contributed by atoms with E-state index < -0.39 is 16.6 Å². The molecule has 1 aliphatic rings. The Bertz CT molecular complexity index is 1350. The van der Waals surface area contributed by atoms with Gasteiger partial charge >= 0.3 is 6.09 Å². The van der Waals surface area contributed by atoms with Gasteiger partial charge in [-0.2, -0.15) is 0 Å².